The highest BCUT2D eigenvalue weighted by molar-refractivity contribution is 5.25. The average Bonchev–Trinajstić information content (AvgIpc) is 3.05. The second-order valence-corrected chi connectivity index (χ2v) is 12.4. The molecule has 4 rings (SSSR count). The first-order valence-corrected chi connectivity index (χ1v) is 13.3. The largest absolute Gasteiger partial charge is 0.495 e. The molecule has 3 fully saturated rings. The maximum atomic E-state index is 5.77. The molecule has 170 valence electrons. The normalized spacial score (nSPS) is 43.9. The fourth-order valence-corrected chi connectivity index (χ4v) is 8.95. The molecular formula is C29H48O. The second-order valence-electron chi connectivity index (χ2n) is 12.4. The van der Waals surface area contributed by atoms with Gasteiger partial charge in [-0.05, 0) is 104 Å². The summed E-state index contributed by atoms with van der Waals surface area (Å²) >= 11 is 0. The van der Waals surface area contributed by atoms with E-state index >= 15 is 0 Å². The number of hydrogen-bond acceptors (Lipinski definition) is 1. The molecule has 4 aliphatic rings. The minimum absolute atomic E-state index is 0.276. The SMILES string of the molecule is C=CO[C@@H]1C=C2CC[C@H]3[C@@H]4CC[C@H]([C@H](C)CCCC(C)C)[C@@]4(C)CC[C@@H]3[C@@]2(C)CC1. The van der Waals surface area contributed by atoms with Gasteiger partial charge >= 0.3 is 0 Å². The van der Waals surface area contributed by atoms with E-state index in [1.807, 2.05) is 0 Å². The van der Waals surface area contributed by atoms with Gasteiger partial charge in [0, 0.05) is 0 Å². The van der Waals surface area contributed by atoms with Gasteiger partial charge < -0.3 is 4.74 Å². The molecule has 0 radical (unpaired) electrons. The van der Waals surface area contributed by atoms with E-state index in [0.717, 1.165) is 35.5 Å². The van der Waals surface area contributed by atoms with Gasteiger partial charge in [0.1, 0.15) is 6.10 Å². The van der Waals surface area contributed by atoms with Gasteiger partial charge in [-0.2, -0.15) is 0 Å². The molecule has 0 spiro atoms. The van der Waals surface area contributed by atoms with Crippen molar-refractivity contribution in [3.05, 3.63) is 24.5 Å². The first-order chi connectivity index (χ1) is 14.3. The third-order valence-electron chi connectivity index (χ3n) is 10.5. The Hall–Kier alpha value is -0.720. The van der Waals surface area contributed by atoms with Crippen LogP contribution in [-0.2, 0) is 4.74 Å². The lowest BCUT2D eigenvalue weighted by Crippen LogP contribution is -2.51. The molecule has 0 heterocycles. The van der Waals surface area contributed by atoms with Crippen molar-refractivity contribution in [1.82, 2.24) is 0 Å². The third kappa shape index (κ3) is 3.81. The quantitative estimate of drug-likeness (QED) is 0.300. The van der Waals surface area contributed by atoms with E-state index in [4.69, 9.17) is 4.74 Å². The van der Waals surface area contributed by atoms with E-state index in [2.05, 4.69) is 47.3 Å². The van der Waals surface area contributed by atoms with Crippen molar-refractivity contribution in [3.8, 4) is 0 Å². The van der Waals surface area contributed by atoms with Crippen LogP contribution in [0.3, 0.4) is 0 Å². The maximum Gasteiger partial charge on any atom is 0.116 e. The molecule has 0 unspecified atom stereocenters. The first kappa shape index (κ1) is 22.5. The Morgan fingerprint density at radius 2 is 1.83 bits per heavy atom. The van der Waals surface area contributed by atoms with Gasteiger partial charge in [0.25, 0.3) is 0 Å². The van der Waals surface area contributed by atoms with Crippen molar-refractivity contribution >= 4 is 0 Å². The fourth-order valence-electron chi connectivity index (χ4n) is 8.95. The van der Waals surface area contributed by atoms with Crippen LogP contribution in [0.2, 0.25) is 0 Å². The van der Waals surface area contributed by atoms with Crippen LogP contribution in [0, 0.1) is 46.3 Å². The molecule has 0 aromatic rings. The number of allylic oxidation sites excluding steroid dienone is 1. The molecule has 1 nitrogen and oxygen atoms in total. The van der Waals surface area contributed by atoms with E-state index in [1.165, 1.54) is 70.6 Å². The molecule has 0 saturated heterocycles. The summed E-state index contributed by atoms with van der Waals surface area (Å²) in [6, 6.07) is 0. The zero-order valence-electron chi connectivity index (χ0n) is 20.6. The van der Waals surface area contributed by atoms with Gasteiger partial charge in [-0.3, -0.25) is 0 Å². The van der Waals surface area contributed by atoms with Gasteiger partial charge in [-0.15, -0.1) is 0 Å². The van der Waals surface area contributed by atoms with Crippen molar-refractivity contribution in [2.24, 2.45) is 46.3 Å². The predicted molar refractivity (Wildman–Crippen MR) is 128 cm³/mol. The Labute approximate surface area is 187 Å². The Kier molecular flexibility index (Phi) is 6.49. The second kappa shape index (κ2) is 8.67. The molecule has 0 bridgehead atoms. The van der Waals surface area contributed by atoms with Crippen LogP contribution >= 0.6 is 0 Å². The van der Waals surface area contributed by atoms with Gasteiger partial charge in [0.05, 0.1) is 6.26 Å². The van der Waals surface area contributed by atoms with E-state index < -0.39 is 0 Å². The lowest BCUT2D eigenvalue weighted by atomic mass is 9.46. The predicted octanol–water partition coefficient (Wildman–Crippen LogP) is 8.56. The molecule has 0 aromatic carbocycles. The van der Waals surface area contributed by atoms with Crippen LogP contribution in [0.5, 0.6) is 0 Å². The molecule has 8 atom stereocenters. The minimum Gasteiger partial charge on any atom is -0.495 e. The number of hydrogen-bond donors (Lipinski definition) is 0. The summed E-state index contributed by atoms with van der Waals surface area (Å²) in [4.78, 5) is 0. The smallest absolute Gasteiger partial charge is 0.116 e. The van der Waals surface area contributed by atoms with Crippen LogP contribution in [0.25, 0.3) is 0 Å². The number of ether oxygens (including phenoxy) is 1. The zero-order valence-corrected chi connectivity index (χ0v) is 20.6. The summed E-state index contributed by atoms with van der Waals surface area (Å²) in [5.74, 6) is 5.60. The summed E-state index contributed by atoms with van der Waals surface area (Å²) in [6.45, 7) is 16.5. The Bertz CT molecular complexity index is 647. The Morgan fingerprint density at radius 1 is 1.03 bits per heavy atom. The van der Waals surface area contributed by atoms with Crippen molar-refractivity contribution in [1.29, 1.82) is 0 Å². The highest BCUT2D eigenvalue weighted by Gasteiger charge is 2.59. The molecule has 4 aliphatic carbocycles. The van der Waals surface area contributed by atoms with Gasteiger partial charge in [-0.25, -0.2) is 0 Å². The summed E-state index contributed by atoms with van der Waals surface area (Å²) in [5.41, 5.74) is 2.77. The number of rotatable bonds is 7. The lowest BCUT2D eigenvalue weighted by Gasteiger charge is -2.59. The van der Waals surface area contributed by atoms with E-state index in [1.54, 1.807) is 11.8 Å². The highest BCUT2D eigenvalue weighted by Crippen LogP contribution is 2.67. The molecule has 0 aliphatic heterocycles. The monoisotopic (exact) mass is 412 g/mol. The molecule has 0 amide bonds. The summed E-state index contributed by atoms with van der Waals surface area (Å²) in [6.07, 6.45) is 19.9. The van der Waals surface area contributed by atoms with E-state index in [-0.39, 0.29) is 6.10 Å². The molecular weight excluding hydrogens is 364 g/mol. The van der Waals surface area contributed by atoms with Crippen LogP contribution in [-0.4, -0.2) is 6.10 Å². The van der Waals surface area contributed by atoms with Gasteiger partial charge in [0.15, 0.2) is 0 Å². The van der Waals surface area contributed by atoms with Crippen LogP contribution in [0.4, 0.5) is 0 Å². The van der Waals surface area contributed by atoms with Crippen molar-refractivity contribution in [3.63, 3.8) is 0 Å². The number of fused-ring (bicyclic) bond motifs is 5. The Balaban J connectivity index is 1.47. The zero-order chi connectivity index (χ0) is 21.5. The Morgan fingerprint density at radius 3 is 2.57 bits per heavy atom. The maximum absolute atomic E-state index is 5.77. The highest BCUT2D eigenvalue weighted by atomic mass is 16.5. The molecule has 0 aromatic heterocycles. The summed E-state index contributed by atoms with van der Waals surface area (Å²) in [5, 5.41) is 0. The standard InChI is InChI=1S/C29H48O/c1-7-30-23-15-17-28(5)22(19-23)11-12-24-26-14-13-25(21(4)10-8-9-20(2)3)29(26,6)18-16-27(24)28/h7,19-21,23-27H,1,8-18H2,2-6H3/t21-,23+,24+,25-,26+,27+,28+,29-/m1/s1. The molecule has 3 saturated carbocycles. The third-order valence-corrected chi connectivity index (χ3v) is 10.5. The van der Waals surface area contributed by atoms with Crippen molar-refractivity contribution in [2.75, 3.05) is 0 Å². The van der Waals surface area contributed by atoms with Crippen LogP contribution in [0.1, 0.15) is 105 Å². The van der Waals surface area contributed by atoms with Crippen molar-refractivity contribution < 1.29 is 4.74 Å². The lowest BCUT2D eigenvalue weighted by molar-refractivity contribution is -0.0629. The topological polar surface area (TPSA) is 9.23 Å². The molecule has 30 heavy (non-hydrogen) atoms. The van der Waals surface area contributed by atoms with Gasteiger partial charge in [-0.1, -0.05) is 66.0 Å². The van der Waals surface area contributed by atoms with Crippen LogP contribution < -0.4 is 0 Å². The molecule has 1 heteroatoms. The summed E-state index contributed by atoms with van der Waals surface area (Å²) in [7, 11) is 0. The van der Waals surface area contributed by atoms with E-state index in [0.29, 0.717) is 10.8 Å². The summed E-state index contributed by atoms with van der Waals surface area (Å²) < 4.78 is 5.77. The van der Waals surface area contributed by atoms with E-state index in [9.17, 15) is 0 Å². The molecule has 0 N–H and O–H groups in total. The average molecular weight is 413 g/mol. The fraction of sp³-hybridized carbons (Fsp3) is 0.862. The van der Waals surface area contributed by atoms with Gasteiger partial charge in [0.2, 0.25) is 0 Å². The van der Waals surface area contributed by atoms with Crippen LogP contribution in [0.15, 0.2) is 24.5 Å². The minimum atomic E-state index is 0.276. The first-order valence-electron chi connectivity index (χ1n) is 13.3. The van der Waals surface area contributed by atoms with Crippen molar-refractivity contribution in [2.45, 2.75) is 111 Å².